The van der Waals surface area contributed by atoms with E-state index in [1.54, 1.807) is 0 Å². The van der Waals surface area contributed by atoms with Crippen LogP contribution in [-0.4, -0.2) is 39.6 Å². The van der Waals surface area contributed by atoms with E-state index in [4.69, 9.17) is 0 Å². The molecule has 1 aromatic carbocycles. The maximum absolute atomic E-state index is 11.5. The first-order chi connectivity index (χ1) is 9.59. The standard InChI is InChI=1S/C14H13NO4S/c16-12-6-7-13(17)15(12)11(14(18)19)9-20-8-10-4-2-1-3-5-10/h1-7,11H,8-9H2,(H,18,19)/t11-/m1/s1. The third kappa shape index (κ3) is 3.27. The van der Waals surface area contributed by atoms with E-state index >= 15 is 0 Å². The van der Waals surface area contributed by atoms with Crippen molar-refractivity contribution in [2.24, 2.45) is 0 Å². The Morgan fingerprint density at radius 2 is 1.75 bits per heavy atom. The second-order valence-corrected chi connectivity index (χ2v) is 5.26. The lowest BCUT2D eigenvalue weighted by Gasteiger charge is -2.22. The zero-order valence-corrected chi connectivity index (χ0v) is 11.4. The molecule has 5 nitrogen and oxygen atoms in total. The fraction of sp³-hybridized carbons (Fsp3) is 0.214. The molecule has 1 aliphatic rings. The first kappa shape index (κ1) is 14.3. The highest BCUT2D eigenvalue weighted by Crippen LogP contribution is 2.18. The average Bonchev–Trinajstić information content (AvgIpc) is 2.76. The quantitative estimate of drug-likeness (QED) is 0.800. The summed E-state index contributed by atoms with van der Waals surface area (Å²) < 4.78 is 0. The second kappa shape index (κ2) is 6.38. The normalized spacial score (nSPS) is 15.7. The second-order valence-electron chi connectivity index (χ2n) is 4.23. The molecule has 0 fully saturated rings. The number of benzene rings is 1. The van der Waals surface area contributed by atoms with Crippen LogP contribution in [0.25, 0.3) is 0 Å². The molecule has 0 bridgehead atoms. The van der Waals surface area contributed by atoms with Crippen LogP contribution in [0.4, 0.5) is 0 Å². The number of aliphatic carboxylic acids is 1. The van der Waals surface area contributed by atoms with Crippen LogP contribution in [0.3, 0.4) is 0 Å². The molecule has 0 radical (unpaired) electrons. The van der Waals surface area contributed by atoms with Gasteiger partial charge in [0, 0.05) is 23.7 Å². The number of carboxylic acids is 1. The molecule has 0 aliphatic carbocycles. The molecule has 0 spiro atoms. The zero-order valence-electron chi connectivity index (χ0n) is 10.6. The molecule has 2 amide bonds. The van der Waals surface area contributed by atoms with Crippen LogP contribution in [0.2, 0.25) is 0 Å². The molecule has 0 saturated carbocycles. The van der Waals surface area contributed by atoms with Gasteiger partial charge in [0.05, 0.1) is 0 Å². The minimum atomic E-state index is -1.17. The van der Waals surface area contributed by atoms with E-state index in [-0.39, 0.29) is 5.75 Å². The topological polar surface area (TPSA) is 74.7 Å². The van der Waals surface area contributed by atoms with Crippen molar-refractivity contribution < 1.29 is 19.5 Å². The van der Waals surface area contributed by atoms with Crippen LogP contribution < -0.4 is 0 Å². The summed E-state index contributed by atoms with van der Waals surface area (Å²) in [5, 5.41) is 9.18. The van der Waals surface area contributed by atoms with E-state index in [1.807, 2.05) is 30.3 Å². The van der Waals surface area contributed by atoms with Crippen molar-refractivity contribution in [2.75, 3.05) is 5.75 Å². The van der Waals surface area contributed by atoms with Crippen molar-refractivity contribution in [3.8, 4) is 0 Å². The van der Waals surface area contributed by atoms with E-state index in [0.717, 1.165) is 22.6 Å². The zero-order chi connectivity index (χ0) is 14.5. The largest absolute Gasteiger partial charge is 0.480 e. The summed E-state index contributed by atoms with van der Waals surface area (Å²) in [6.45, 7) is 0. The number of amides is 2. The predicted octanol–water partition coefficient (Wildman–Crippen LogP) is 1.30. The Morgan fingerprint density at radius 1 is 1.15 bits per heavy atom. The first-order valence-electron chi connectivity index (χ1n) is 5.99. The first-order valence-corrected chi connectivity index (χ1v) is 7.15. The van der Waals surface area contributed by atoms with Gasteiger partial charge in [-0.2, -0.15) is 11.8 Å². The molecule has 20 heavy (non-hydrogen) atoms. The number of hydrogen-bond acceptors (Lipinski definition) is 4. The maximum Gasteiger partial charge on any atom is 0.327 e. The number of rotatable bonds is 6. The molecule has 2 rings (SSSR count). The molecule has 1 aliphatic heterocycles. The van der Waals surface area contributed by atoms with Gasteiger partial charge < -0.3 is 5.11 Å². The molecular formula is C14H13NO4S. The minimum Gasteiger partial charge on any atom is -0.480 e. The third-order valence-corrected chi connectivity index (χ3v) is 3.92. The fourth-order valence-corrected chi connectivity index (χ4v) is 2.90. The summed E-state index contributed by atoms with van der Waals surface area (Å²) in [5.74, 6) is -1.50. The molecule has 104 valence electrons. The smallest absolute Gasteiger partial charge is 0.327 e. The summed E-state index contributed by atoms with van der Waals surface area (Å²) in [7, 11) is 0. The number of carboxylic acid groups (broad SMARTS) is 1. The number of imide groups is 1. The van der Waals surface area contributed by atoms with Crippen LogP contribution in [0.15, 0.2) is 42.5 Å². The summed E-state index contributed by atoms with van der Waals surface area (Å²) in [6, 6.07) is 8.47. The lowest BCUT2D eigenvalue weighted by atomic mass is 10.2. The monoisotopic (exact) mass is 291 g/mol. The van der Waals surface area contributed by atoms with Crippen molar-refractivity contribution in [2.45, 2.75) is 11.8 Å². The van der Waals surface area contributed by atoms with Crippen LogP contribution in [0, 0.1) is 0 Å². The number of hydrogen-bond donors (Lipinski definition) is 1. The van der Waals surface area contributed by atoms with Gasteiger partial charge in [-0.3, -0.25) is 14.5 Å². The van der Waals surface area contributed by atoms with Gasteiger partial charge in [-0.25, -0.2) is 4.79 Å². The minimum absolute atomic E-state index is 0.170. The van der Waals surface area contributed by atoms with E-state index in [0.29, 0.717) is 5.75 Å². The van der Waals surface area contributed by atoms with E-state index in [9.17, 15) is 19.5 Å². The molecule has 6 heteroatoms. The Kier molecular flexibility index (Phi) is 4.57. The van der Waals surface area contributed by atoms with Gasteiger partial charge in [0.15, 0.2) is 0 Å². The van der Waals surface area contributed by atoms with Gasteiger partial charge in [0.1, 0.15) is 6.04 Å². The van der Waals surface area contributed by atoms with Crippen LogP contribution in [0.5, 0.6) is 0 Å². The van der Waals surface area contributed by atoms with Crippen molar-refractivity contribution in [3.63, 3.8) is 0 Å². The Labute approximate surface area is 120 Å². The van der Waals surface area contributed by atoms with E-state index < -0.39 is 23.8 Å². The average molecular weight is 291 g/mol. The molecular weight excluding hydrogens is 278 g/mol. The van der Waals surface area contributed by atoms with E-state index in [2.05, 4.69) is 0 Å². The molecule has 1 aromatic rings. The van der Waals surface area contributed by atoms with Gasteiger partial charge >= 0.3 is 5.97 Å². The van der Waals surface area contributed by atoms with Gasteiger partial charge in [0.2, 0.25) is 0 Å². The van der Waals surface area contributed by atoms with Gasteiger partial charge in [-0.1, -0.05) is 30.3 Å². The highest BCUT2D eigenvalue weighted by molar-refractivity contribution is 7.98. The molecule has 0 unspecified atom stereocenters. The summed E-state index contributed by atoms with van der Waals surface area (Å²) in [6.07, 6.45) is 2.19. The fourth-order valence-electron chi connectivity index (χ4n) is 1.84. The summed E-state index contributed by atoms with van der Waals surface area (Å²) >= 11 is 1.38. The number of carbonyl (C=O) groups is 3. The lowest BCUT2D eigenvalue weighted by Crippen LogP contribution is -2.46. The molecule has 0 aromatic heterocycles. The van der Waals surface area contributed by atoms with Crippen molar-refractivity contribution in [1.29, 1.82) is 0 Å². The predicted molar refractivity (Wildman–Crippen MR) is 75.0 cm³/mol. The SMILES string of the molecule is O=C(O)[C@@H](CSCc1ccccc1)N1C(=O)C=CC1=O. The molecule has 1 N–H and O–H groups in total. The van der Waals surface area contributed by atoms with Crippen molar-refractivity contribution in [3.05, 3.63) is 48.0 Å². The van der Waals surface area contributed by atoms with Gasteiger partial charge in [-0.05, 0) is 5.56 Å². The maximum atomic E-state index is 11.5. The van der Waals surface area contributed by atoms with Crippen LogP contribution in [-0.2, 0) is 20.1 Å². The number of carbonyl (C=O) groups excluding carboxylic acids is 2. The van der Waals surface area contributed by atoms with Gasteiger partial charge in [0.25, 0.3) is 11.8 Å². The van der Waals surface area contributed by atoms with E-state index in [1.165, 1.54) is 11.8 Å². The third-order valence-electron chi connectivity index (χ3n) is 2.83. The number of thioether (sulfide) groups is 1. The van der Waals surface area contributed by atoms with Crippen LogP contribution >= 0.6 is 11.8 Å². The summed E-state index contributed by atoms with van der Waals surface area (Å²) in [5.41, 5.74) is 1.07. The van der Waals surface area contributed by atoms with Gasteiger partial charge in [-0.15, -0.1) is 0 Å². The highest BCUT2D eigenvalue weighted by atomic mass is 32.2. The Balaban J connectivity index is 1.95. The lowest BCUT2D eigenvalue weighted by molar-refractivity contribution is -0.152. The Morgan fingerprint density at radius 3 is 2.30 bits per heavy atom. The molecule has 0 saturated heterocycles. The summed E-state index contributed by atoms with van der Waals surface area (Å²) in [4.78, 5) is 35.0. The van der Waals surface area contributed by atoms with Crippen molar-refractivity contribution in [1.82, 2.24) is 4.90 Å². The molecule has 1 heterocycles. The Bertz CT molecular complexity index is 538. The highest BCUT2D eigenvalue weighted by Gasteiger charge is 2.35. The van der Waals surface area contributed by atoms with Crippen molar-refractivity contribution >= 4 is 29.5 Å². The Hall–Kier alpha value is -2.08. The number of nitrogens with zero attached hydrogens (tertiary/aromatic N) is 1. The van der Waals surface area contributed by atoms with Crippen LogP contribution in [0.1, 0.15) is 5.56 Å². The molecule has 1 atom stereocenters.